The minimum atomic E-state index is 0.186. The molecule has 5 heteroatoms. The molecular weight excluding hydrogens is 266 g/mol. The van der Waals surface area contributed by atoms with Gasteiger partial charge in [0.1, 0.15) is 0 Å². The van der Waals surface area contributed by atoms with Gasteiger partial charge in [-0.15, -0.1) is 0 Å². The maximum Gasteiger partial charge on any atom is 0.234 e. The van der Waals surface area contributed by atoms with Gasteiger partial charge in [-0.25, -0.2) is 0 Å². The maximum absolute atomic E-state index is 12.1. The van der Waals surface area contributed by atoms with E-state index in [9.17, 15) is 4.79 Å². The van der Waals surface area contributed by atoms with Gasteiger partial charge in [0.15, 0.2) is 0 Å². The second-order valence-corrected chi connectivity index (χ2v) is 6.86. The first-order chi connectivity index (χ1) is 10.3. The third-order valence-corrected chi connectivity index (χ3v) is 4.93. The van der Waals surface area contributed by atoms with Gasteiger partial charge in [0.2, 0.25) is 5.91 Å². The summed E-state index contributed by atoms with van der Waals surface area (Å²) in [5.74, 6) is 1.14. The highest BCUT2D eigenvalue weighted by Crippen LogP contribution is 2.28. The molecular formula is C16H29N3O2. The summed E-state index contributed by atoms with van der Waals surface area (Å²) in [4.78, 5) is 14.4. The van der Waals surface area contributed by atoms with E-state index in [4.69, 9.17) is 4.74 Å². The van der Waals surface area contributed by atoms with Crippen molar-refractivity contribution < 1.29 is 9.53 Å². The monoisotopic (exact) mass is 295 g/mol. The van der Waals surface area contributed by atoms with E-state index in [1.807, 2.05) is 0 Å². The van der Waals surface area contributed by atoms with E-state index in [1.165, 1.54) is 32.2 Å². The zero-order valence-electron chi connectivity index (χ0n) is 13.0. The lowest BCUT2D eigenvalue weighted by atomic mass is 10.0. The summed E-state index contributed by atoms with van der Waals surface area (Å²) in [6.45, 7) is 5.42. The van der Waals surface area contributed by atoms with Crippen LogP contribution in [0.25, 0.3) is 0 Å². The molecule has 0 spiro atoms. The molecule has 2 saturated heterocycles. The SMILES string of the molecule is O=C(CN1CCC(NCC2CC2)CC1)NC1CCOCC1. The molecule has 1 saturated carbocycles. The summed E-state index contributed by atoms with van der Waals surface area (Å²) in [6, 6.07) is 0.990. The first-order valence-corrected chi connectivity index (χ1v) is 8.62. The van der Waals surface area contributed by atoms with Crippen molar-refractivity contribution in [1.29, 1.82) is 0 Å². The Morgan fingerprint density at radius 3 is 2.38 bits per heavy atom. The molecule has 1 amide bonds. The van der Waals surface area contributed by atoms with Crippen molar-refractivity contribution in [3.63, 3.8) is 0 Å². The predicted molar refractivity (Wildman–Crippen MR) is 82.2 cm³/mol. The molecule has 0 radical (unpaired) electrons. The van der Waals surface area contributed by atoms with Gasteiger partial charge >= 0.3 is 0 Å². The zero-order valence-corrected chi connectivity index (χ0v) is 13.0. The van der Waals surface area contributed by atoms with Crippen LogP contribution < -0.4 is 10.6 Å². The van der Waals surface area contributed by atoms with E-state index in [0.29, 0.717) is 18.6 Å². The van der Waals surface area contributed by atoms with Crippen molar-refractivity contribution in [2.45, 2.75) is 50.6 Å². The van der Waals surface area contributed by atoms with E-state index in [2.05, 4.69) is 15.5 Å². The smallest absolute Gasteiger partial charge is 0.234 e. The van der Waals surface area contributed by atoms with Crippen LogP contribution in [-0.4, -0.2) is 62.3 Å². The fourth-order valence-electron chi connectivity index (χ4n) is 3.27. The third kappa shape index (κ3) is 5.24. The Labute approximate surface area is 127 Å². The number of rotatable bonds is 6. The number of carbonyl (C=O) groups is 1. The van der Waals surface area contributed by atoms with Gasteiger partial charge in [-0.1, -0.05) is 0 Å². The lowest BCUT2D eigenvalue weighted by Gasteiger charge is -2.32. The second kappa shape index (κ2) is 7.56. The number of ether oxygens (including phenoxy) is 1. The van der Waals surface area contributed by atoms with Crippen LogP contribution in [0.3, 0.4) is 0 Å². The van der Waals surface area contributed by atoms with Gasteiger partial charge < -0.3 is 15.4 Å². The minimum absolute atomic E-state index is 0.186. The molecule has 1 aliphatic carbocycles. The summed E-state index contributed by atoms with van der Waals surface area (Å²) in [7, 11) is 0. The Bertz CT molecular complexity index is 332. The van der Waals surface area contributed by atoms with Crippen molar-refractivity contribution in [3.8, 4) is 0 Å². The number of hydrogen-bond donors (Lipinski definition) is 2. The largest absolute Gasteiger partial charge is 0.381 e. The fraction of sp³-hybridized carbons (Fsp3) is 0.938. The van der Waals surface area contributed by atoms with Crippen LogP contribution in [0, 0.1) is 5.92 Å². The molecule has 0 atom stereocenters. The number of hydrogen-bond acceptors (Lipinski definition) is 4. The Morgan fingerprint density at radius 2 is 1.71 bits per heavy atom. The average molecular weight is 295 g/mol. The third-order valence-electron chi connectivity index (χ3n) is 4.93. The highest BCUT2D eigenvalue weighted by Gasteiger charge is 2.25. The van der Waals surface area contributed by atoms with Crippen LogP contribution in [0.5, 0.6) is 0 Å². The lowest BCUT2D eigenvalue weighted by Crippen LogP contribution is -2.48. The Balaban J connectivity index is 1.29. The first kappa shape index (κ1) is 15.3. The van der Waals surface area contributed by atoms with E-state index in [1.54, 1.807) is 0 Å². The standard InChI is InChI=1S/C16H29N3O2/c20-16(18-15-5-9-21-10-6-15)12-19-7-3-14(4-8-19)17-11-13-1-2-13/h13-15,17H,1-12H2,(H,18,20). The van der Waals surface area contributed by atoms with Gasteiger partial charge in [-0.05, 0) is 51.0 Å². The molecule has 2 N–H and O–H groups in total. The highest BCUT2D eigenvalue weighted by atomic mass is 16.5. The normalized spacial score (nSPS) is 25.9. The van der Waals surface area contributed by atoms with Gasteiger partial charge in [0, 0.05) is 38.4 Å². The Hall–Kier alpha value is -0.650. The molecule has 3 rings (SSSR count). The summed E-state index contributed by atoms with van der Waals surface area (Å²) >= 11 is 0. The van der Waals surface area contributed by atoms with Crippen LogP contribution in [0.4, 0.5) is 0 Å². The van der Waals surface area contributed by atoms with Crippen molar-refractivity contribution in [2.75, 3.05) is 39.4 Å². The molecule has 120 valence electrons. The van der Waals surface area contributed by atoms with Crippen molar-refractivity contribution in [2.24, 2.45) is 5.92 Å². The topological polar surface area (TPSA) is 53.6 Å². The summed E-state index contributed by atoms with van der Waals surface area (Å²) in [5, 5.41) is 6.83. The van der Waals surface area contributed by atoms with Crippen molar-refractivity contribution in [3.05, 3.63) is 0 Å². The van der Waals surface area contributed by atoms with Crippen LogP contribution in [0.1, 0.15) is 38.5 Å². The van der Waals surface area contributed by atoms with E-state index in [-0.39, 0.29) is 5.91 Å². The Morgan fingerprint density at radius 1 is 1.00 bits per heavy atom. The summed E-state index contributed by atoms with van der Waals surface area (Å²) < 4.78 is 5.32. The number of likely N-dealkylation sites (tertiary alicyclic amines) is 1. The molecule has 0 aromatic carbocycles. The molecule has 3 fully saturated rings. The molecule has 0 aromatic rings. The quantitative estimate of drug-likeness (QED) is 0.759. The van der Waals surface area contributed by atoms with Crippen molar-refractivity contribution >= 4 is 5.91 Å². The fourth-order valence-corrected chi connectivity index (χ4v) is 3.27. The zero-order chi connectivity index (χ0) is 14.5. The summed E-state index contributed by atoms with van der Waals surface area (Å²) in [5.41, 5.74) is 0. The van der Waals surface area contributed by atoms with Crippen LogP contribution in [0.15, 0.2) is 0 Å². The number of nitrogens with zero attached hydrogens (tertiary/aromatic N) is 1. The highest BCUT2D eigenvalue weighted by molar-refractivity contribution is 5.78. The first-order valence-electron chi connectivity index (χ1n) is 8.62. The van der Waals surface area contributed by atoms with Crippen LogP contribution in [-0.2, 0) is 9.53 Å². The number of nitrogens with one attached hydrogen (secondary N) is 2. The molecule has 2 aliphatic heterocycles. The van der Waals surface area contributed by atoms with Crippen LogP contribution in [0.2, 0.25) is 0 Å². The average Bonchev–Trinajstić information content (AvgIpc) is 3.32. The molecule has 5 nitrogen and oxygen atoms in total. The molecule has 21 heavy (non-hydrogen) atoms. The van der Waals surface area contributed by atoms with E-state index in [0.717, 1.165) is 45.1 Å². The number of piperidine rings is 1. The van der Waals surface area contributed by atoms with Crippen LogP contribution >= 0.6 is 0 Å². The molecule has 0 bridgehead atoms. The molecule has 3 aliphatic rings. The number of carbonyl (C=O) groups excluding carboxylic acids is 1. The van der Waals surface area contributed by atoms with Gasteiger partial charge in [0.25, 0.3) is 0 Å². The van der Waals surface area contributed by atoms with Crippen molar-refractivity contribution in [1.82, 2.24) is 15.5 Å². The molecule has 2 heterocycles. The predicted octanol–water partition coefficient (Wildman–Crippen LogP) is 0.746. The van der Waals surface area contributed by atoms with E-state index >= 15 is 0 Å². The van der Waals surface area contributed by atoms with Gasteiger partial charge in [-0.2, -0.15) is 0 Å². The molecule has 0 aromatic heterocycles. The second-order valence-electron chi connectivity index (χ2n) is 6.86. The van der Waals surface area contributed by atoms with E-state index < -0.39 is 0 Å². The molecule has 0 unspecified atom stereocenters. The Kier molecular flexibility index (Phi) is 5.49. The number of amides is 1. The lowest BCUT2D eigenvalue weighted by molar-refractivity contribution is -0.123. The minimum Gasteiger partial charge on any atom is -0.381 e. The summed E-state index contributed by atoms with van der Waals surface area (Å²) in [6.07, 6.45) is 7.10. The maximum atomic E-state index is 12.1. The van der Waals surface area contributed by atoms with Gasteiger partial charge in [0.05, 0.1) is 6.54 Å². The van der Waals surface area contributed by atoms with Gasteiger partial charge in [-0.3, -0.25) is 9.69 Å².